The van der Waals surface area contributed by atoms with E-state index < -0.39 is 14.9 Å². The van der Waals surface area contributed by atoms with Gasteiger partial charge in [0.1, 0.15) is 4.75 Å². The maximum absolute atomic E-state index is 11.1. The van der Waals surface area contributed by atoms with Crippen molar-refractivity contribution in [1.29, 1.82) is 0 Å². The van der Waals surface area contributed by atoms with Gasteiger partial charge in [-0.2, -0.15) is 8.42 Å². The van der Waals surface area contributed by atoms with E-state index in [2.05, 4.69) is 0 Å². The van der Waals surface area contributed by atoms with Crippen LogP contribution in [0.3, 0.4) is 0 Å². The lowest BCUT2D eigenvalue weighted by atomic mass is 9.96. The Kier molecular flexibility index (Phi) is 2.90. The van der Waals surface area contributed by atoms with E-state index in [1.807, 2.05) is 0 Å². The highest BCUT2D eigenvalue weighted by atomic mass is 32.2. The summed E-state index contributed by atoms with van der Waals surface area (Å²) in [5.41, 5.74) is 5.31. The number of rotatable bonds is 3. The first kappa shape index (κ1) is 10.4. The van der Waals surface area contributed by atoms with Gasteiger partial charge in [-0.15, -0.1) is 0 Å². The molecule has 0 aliphatic heterocycles. The van der Waals surface area contributed by atoms with Crippen LogP contribution >= 0.6 is 0 Å². The predicted molar refractivity (Wildman–Crippen MR) is 50.8 cm³/mol. The summed E-state index contributed by atoms with van der Waals surface area (Å²) in [5, 5.41) is 0. The second kappa shape index (κ2) is 3.61. The first-order chi connectivity index (χ1) is 6.02. The highest BCUT2D eigenvalue weighted by Crippen LogP contribution is 2.29. The summed E-state index contributed by atoms with van der Waals surface area (Å²) in [6.07, 6.45) is 7.11. The molecule has 3 N–H and O–H groups in total. The Morgan fingerprint density at radius 2 is 2.15 bits per heavy atom. The van der Waals surface area contributed by atoms with Crippen LogP contribution < -0.4 is 5.73 Å². The zero-order chi connectivity index (χ0) is 9.95. The van der Waals surface area contributed by atoms with Gasteiger partial charge in [0.25, 0.3) is 10.1 Å². The van der Waals surface area contributed by atoms with E-state index in [0.29, 0.717) is 6.42 Å². The van der Waals surface area contributed by atoms with Crippen LogP contribution in [0.15, 0.2) is 24.3 Å². The minimum atomic E-state index is -4.07. The molecule has 5 heteroatoms. The summed E-state index contributed by atoms with van der Waals surface area (Å²) in [4.78, 5) is 0. The molecule has 0 spiro atoms. The van der Waals surface area contributed by atoms with Crippen molar-refractivity contribution in [2.75, 3.05) is 6.54 Å². The van der Waals surface area contributed by atoms with Crippen LogP contribution in [0.1, 0.15) is 12.8 Å². The maximum Gasteiger partial charge on any atom is 0.274 e. The van der Waals surface area contributed by atoms with Gasteiger partial charge in [0, 0.05) is 0 Å². The Morgan fingerprint density at radius 3 is 2.54 bits per heavy atom. The van der Waals surface area contributed by atoms with Crippen molar-refractivity contribution in [1.82, 2.24) is 0 Å². The standard InChI is InChI=1S/C8H13NO3S/c9-7-6-8(13(10,11)12)4-2-1-3-5-8/h1-4H,5-7,9H2,(H,10,11,12). The van der Waals surface area contributed by atoms with Gasteiger partial charge >= 0.3 is 0 Å². The summed E-state index contributed by atoms with van der Waals surface area (Å²) < 4.78 is 30.1. The van der Waals surface area contributed by atoms with Crippen molar-refractivity contribution in [3.8, 4) is 0 Å². The van der Waals surface area contributed by atoms with Crippen LogP contribution in [0.2, 0.25) is 0 Å². The van der Waals surface area contributed by atoms with Crippen LogP contribution in [-0.2, 0) is 10.1 Å². The second-order valence-corrected chi connectivity index (χ2v) is 4.83. The van der Waals surface area contributed by atoms with Crippen molar-refractivity contribution >= 4 is 10.1 Å². The second-order valence-electron chi connectivity index (χ2n) is 3.07. The Bertz CT molecular complexity index is 331. The van der Waals surface area contributed by atoms with Gasteiger partial charge in [0.05, 0.1) is 0 Å². The van der Waals surface area contributed by atoms with Crippen LogP contribution in [0.4, 0.5) is 0 Å². The topological polar surface area (TPSA) is 80.4 Å². The van der Waals surface area contributed by atoms with E-state index in [0.717, 1.165) is 0 Å². The van der Waals surface area contributed by atoms with Crippen molar-refractivity contribution < 1.29 is 13.0 Å². The molecular weight excluding hydrogens is 190 g/mol. The summed E-state index contributed by atoms with van der Waals surface area (Å²) in [6, 6.07) is 0. The molecule has 13 heavy (non-hydrogen) atoms. The molecule has 0 saturated carbocycles. The Hall–Kier alpha value is -0.650. The molecule has 1 unspecified atom stereocenters. The minimum absolute atomic E-state index is 0.234. The molecule has 0 saturated heterocycles. The molecule has 1 atom stereocenters. The van der Waals surface area contributed by atoms with E-state index in [-0.39, 0.29) is 13.0 Å². The van der Waals surface area contributed by atoms with Crippen LogP contribution in [0, 0.1) is 0 Å². The Labute approximate surface area is 77.9 Å². The van der Waals surface area contributed by atoms with Crippen LogP contribution in [0.25, 0.3) is 0 Å². The lowest BCUT2D eigenvalue weighted by molar-refractivity contribution is 0.437. The van der Waals surface area contributed by atoms with E-state index in [9.17, 15) is 8.42 Å². The summed E-state index contributed by atoms with van der Waals surface area (Å²) in [5.74, 6) is 0. The van der Waals surface area contributed by atoms with Crippen LogP contribution in [-0.4, -0.2) is 24.3 Å². The highest BCUT2D eigenvalue weighted by molar-refractivity contribution is 7.87. The number of hydrogen-bond acceptors (Lipinski definition) is 3. The first-order valence-corrected chi connectivity index (χ1v) is 5.47. The van der Waals surface area contributed by atoms with Gasteiger partial charge < -0.3 is 5.73 Å². The number of allylic oxidation sites excluding steroid dienone is 3. The van der Waals surface area contributed by atoms with Gasteiger partial charge in [0.15, 0.2) is 0 Å². The molecule has 0 aromatic heterocycles. The summed E-state index contributed by atoms with van der Waals surface area (Å²) in [6.45, 7) is 0.234. The molecule has 1 rings (SSSR count). The van der Waals surface area contributed by atoms with Gasteiger partial charge in [-0.05, 0) is 19.4 Å². The smallest absolute Gasteiger partial charge is 0.274 e. The fraction of sp³-hybridized carbons (Fsp3) is 0.500. The van der Waals surface area contributed by atoms with E-state index in [1.54, 1.807) is 18.2 Å². The zero-order valence-electron chi connectivity index (χ0n) is 7.18. The van der Waals surface area contributed by atoms with Crippen LogP contribution in [0.5, 0.6) is 0 Å². The summed E-state index contributed by atoms with van der Waals surface area (Å²) in [7, 11) is -4.07. The number of hydrogen-bond donors (Lipinski definition) is 2. The third-order valence-corrected chi connectivity index (χ3v) is 3.73. The SMILES string of the molecule is NCCC1(S(=O)(=O)O)C=CC=CC1. The molecule has 74 valence electrons. The Balaban J connectivity index is 3.03. The quantitative estimate of drug-likeness (QED) is 0.654. The fourth-order valence-electron chi connectivity index (χ4n) is 1.40. The number of nitrogens with two attached hydrogens (primary N) is 1. The van der Waals surface area contributed by atoms with Gasteiger partial charge in [-0.1, -0.05) is 24.3 Å². The predicted octanol–water partition coefficient (Wildman–Crippen LogP) is 0.478. The molecule has 4 nitrogen and oxygen atoms in total. The molecule has 0 radical (unpaired) electrons. The molecule has 0 fully saturated rings. The maximum atomic E-state index is 11.1. The monoisotopic (exact) mass is 203 g/mol. The lowest BCUT2D eigenvalue weighted by Gasteiger charge is -2.26. The molecule has 1 aliphatic carbocycles. The van der Waals surface area contributed by atoms with Crippen molar-refractivity contribution in [3.05, 3.63) is 24.3 Å². The molecule has 0 heterocycles. The van der Waals surface area contributed by atoms with Crippen molar-refractivity contribution in [3.63, 3.8) is 0 Å². The third kappa shape index (κ3) is 1.99. The fourth-order valence-corrected chi connectivity index (χ4v) is 2.33. The van der Waals surface area contributed by atoms with Gasteiger partial charge in [-0.25, -0.2) is 0 Å². The van der Waals surface area contributed by atoms with E-state index >= 15 is 0 Å². The van der Waals surface area contributed by atoms with E-state index in [4.69, 9.17) is 10.3 Å². The molecular formula is C8H13NO3S. The normalized spacial score (nSPS) is 27.8. The lowest BCUT2D eigenvalue weighted by Crippen LogP contribution is -2.38. The third-order valence-electron chi connectivity index (χ3n) is 2.19. The Morgan fingerprint density at radius 1 is 1.46 bits per heavy atom. The molecule has 0 bridgehead atoms. The van der Waals surface area contributed by atoms with Crippen molar-refractivity contribution in [2.24, 2.45) is 5.73 Å². The minimum Gasteiger partial charge on any atom is -0.330 e. The van der Waals surface area contributed by atoms with E-state index in [1.165, 1.54) is 6.08 Å². The average molecular weight is 203 g/mol. The van der Waals surface area contributed by atoms with Gasteiger partial charge in [-0.3, -0.25) is 4.55 Å². The average Bonchev–Trinajstić information content (AvgIpc) is 2.04. The molecule has 0 aromatic carbocycles. The van der Waals surface area contributed by atoms with Gasteiger partial charge in [0.2, 0.25) is 0 Å². The zero-order valence-corrected chi connectivity index (χ0v) is 8.00. The highest BCUT2D eigenvalue weighted by Gasteiger charge is 2.39. The summed E-state index contributed by atoms with van der Waals surface area (Å²) >= 11 is 0. The largest absolute Gasteiger partial charge is 0.330 e. The molecule has 0 aromatic rings. The molecule has 0 amide bonds. The molecule has 1 aliphatic rings. The first-order valence-electron chi connectivity index (χ1n) is 4.03. The van der Waals surface area contributed by atoms with Crippen molar-refractivity contribution in [2.45, 2.75) is 17.6 Å².